The number of nitrogens with one attached hydrogen (secondary N) is 1. The van der Waals surface area contributed by atoms with E-state index >= 15 is 0 Å². The van der Waals surface area contributed by atoms with Gasteiger partial charge in [-0.2, -0.15) is 0 Å². The van der Waals surface area contributed by atoms with Crippen molar-refractivity contribution < 1.29 is 9.90 Å². The van der Waals surface area contributed by atoms with Gasteiger partial charge in [0.15, 0.2) is 0 Å². The first kappa shape index (κ1) is 13.7. The Bertz CT molecular complexity index is 456. The molecule has 1 fully saturated rings. The van der Waals surface area contributed by atoms with Crippen LogP contribution >= 0.6 is 23.2 Å². The summed E-state index contributed by atoms with van der Waals surface area (Å²) in [5.41, 5.74) is -0.146. The maximum absolute atomic E-state index is 12.2. The molecule has 0 heterocycles. The second kappa shape index (κ2) is 5.47. The second-order valence-electron chi connectivity index (χ2n) is 4.70. The number of hydrogen-bond donors (Lipinski definition) is 2. The van der Waals surface area contributed by atoms with E-state index in [-0.39, 0.29) is 17.5 Å². The van der Waals surface area contributed by atoms with Crippen LogP contribution < -0.4 is 5.32 Å². The molecule has 3 nitrogen and oxygen atoms in total. The summed E-state index contributed by atoms with van der Waals surface area (Å²) in [6, 6.07) is 4.95. The minimum atomic E-state index is -0.497. The van der Waals surface area contributed by atoms with Gasteiger partial charge in [0.1, 0.15) is 0 Å². The predicted molar refractivity (Wildman–Crippen MR) is 72.2 cm³/mol. The molecule has 18 heavy (non-hydrogen) atoms. The van der Waals surface area contributed by atoms with Crippen molar-refractivity contribution in [3.63, 3.8) is 0 Å². The zero-order valence-electron chi connectivity index (χ0n) is 9.88. The molecule has 2 rings (SSSR count). The quantitative estimate of drug-likeness (QED) is 0.898. The van der Waals surface area contributed by atoms with Crippen molar-refractivity contribution >= 4 is 29.1 Å². The molecule has 1 amide bonds. The van der Waals surface area contributed by atoms with Crippen LogP contribution in [0.4, 0.5) is 0 Å². The highest BCUT2D eigenvalue weighted by atomic mass is 35.5. The van der Waals surface area contributed by atoms with Crippen molar-refractivity contribution in [3.05, 3.63) is 33.8 Å². The Hall–Kier alpha value is -0.770. The number of aliphatic hydroxyl groups excluding tert-OH is 1. The summed E-state index contributed by atoms with van der Waals surface area (Å²) in [5.74, 6) is -0.279. The molecule has 1 aromatic carbocycles. The number of carbonyl (C=O) groups is 1. The minimum absolute atomic E-state index is 0.0447. The molecule has 5 heteroatoms. The first-order valence-corrected chi connectivity index (χ1v) is 6.71. The predicted octanol–water partition coefficient (Wildman–Crippen LogP) is 3.03. The molecule has 0 aromatic heterocycles. The number of aliphatic hydroxyl groups is 1. The maximum Gasteiger partial charge on any atom is 0.253 e. The molecule has 0 unspecified atom stereocenters. The standard InChI is InChI=1S/C13H15Cl2NO2/c14-10-5-3-4-9(11(10)15)12(18)16-13(8-17)6-1-2-7-13/h3-5,17H,1-2,6-8H2,(H,16,18). The Morgan fingerprint density at radius 2 is 2.00 bits per heavy atom. The first-order chi connectivity index (χ1) is 8.58. The fourth-order valence-corrected chi connectivity index (χ4v) is 2.75. The molecule has 1 aliphatic rings. The van der Waals surface area contributed by atoms with Crippen LogP contribution in [0.3, 0.4) is 0 Å². The fourth-order valence-electron chi connectivity index (χ4n) is 2.36. The number of hydrogen-bond acceptors (Lipinski definition) is 2. The van der Waals surface area contributed by atoms with E-state index in [1.807, 2.05) is 0 Å². The number of amides is 1. The summed E-state index contributed by atoms with van der Waals surface area (Å²) in [6.45, 7) is -0.0447. The van der Waals surface area contributed by atoms with Gasteiger partial charge in [-0.05, 0) is 25.0 Å². The summed E-state index contributed by atoms with van der Waals surface area (Å²) in [5, 5.41) is 13.0. The van der Waals surface area contributed by atoms with Crippen LogP contribution in [0, 0.1) is 0 Å². The number of benzene rings is 1. The monoisotopic (exact) mass is 287 g/mol. The Kier molecular flexibility index (Phi) is 4.15. The second-order valence-corrected chi connectivity index (χ2v) is 5.49. The molecule has 98 valence electrons. The highest BCUT2D eigenvalue weighted by Crippen LogP contribution is 2.31. The lowest BCUT2D eigenvalue weighted by atomic mass is 9.98. The van der Waals surface area contributed by atoms with E-state index in [0.29, 0.717) is 10.6 Å². The molecule has 0 bridgehead atoms. The summed E-state index contributed by atoms with van der Waals surface area (Å²) in [6.07, 6.45) is 3.63. The Labute approximate surface area is 116 Å². The average Bonchev–Trinajstić information content (AvgIpc) is 2.81. The van der Waals surface area contributed by atoms with Gasteiger partial charge in [-0.3, -0.25) is 4.79 Å². The number of carbonyl (C=O) groups excluding carboxylic acids is 1. The summed E-state index contributed by atoms with van der Waals surface area (Å²) in [4.78, 5) is 12.2. The zero-order valence-corrected chi connectivity index (χ0v) is 11.4. The molecule has 0 aliphatic heterocycles. The van der Waals surface area contributed by atoms with E-state index in [1.54, 1.807) is 18.2 Å². The summed E-state index contributed by atoms with van der Waals surface area (Å²) >= 11 is 11.9. The van der Waals surface area contributed by atoms with Crippen molar-refractivity contribution in [2.45, 2.75) is 31.2 Å². The molecule has 0 atom stereocenters. The van der Waals surface area contributed by atoms with Crippen molar-refractivity contribution in [2.75, 3.05) is 6.61 Å². The molecule has 1 saturated carbocycles. The van der Waals surface area contributed by atoms with Gasteiger partial charge in [0.25, 0.3) is 5.91 Å². The molecular formula is C13H15Cl2NO2. The van der Waals surface area contributed by atoms with Crippen LogP contribution in [0.15, 0.2) is 18.2 Å². The van der Waals surface area contributed by atoms with Crippen LogP contribution in [-0.2, 0) is 0 Å². The summed E-state index contributed by atoms with van der Waals surface area (Å²) in [7, 11) is 0. The van der Waals surface area contributed by atoms with Gasteiger partial charge in [-0.1, -0.05) is 42.1 Å². The molecule has 0 spiro atoms. The Morgan fingerprint density at radius 1 is 1.33 bits per heavy atom. The van der Waals surface area contributed by atoms with Gasteiger partial charge < -0.3 is 10.4 Å². The van der Waals surface area contributed by atoms with Crippen molar-refractivity contribution in [1.29, 1.82) is 0 Å². The van der Waals surface area contributed by atoms with Gasteiger partial charge >= 0.3 is 0 Å². The van der Waals surface area contributed by atoms with E-state index in [4.69, 9.17) is 23.2 Å². The highest BCUT2D eigenvalue weighted by Gasteiger charge is 2.35. The van der Waals surface area contributed by atoms with E-state index in [1.165, 1.54) is 0 Å². The highest BCUT2D eigenvalue weighted by molar-refractivity contribution is 6.43. The molecule has 1 aliphatic carbocycles. The van der Waals surface area contributed by atoms with Crippen molar-refractivity contribution in [1.82, 2.24) is 5.32 Å². The molecule has 1 aromatic rings. The van der Waals surface area contributed by atoms with Crippen LogP contribution in [0.25, 0.3) is 0 Å². The average molecular weight is 288 g/mol. The van der Waals surface area contributed by atoms with Crippen LogP contribution in [0.2, 0.25) is 10.0 Å². The smallest absolute Gasteiger partial charge is 0.253 e. The molecule has 2 N–H and O–H groups in total. The lowest BCUT2D eigenvalue weighted by Crippen LogP contribution is -2.49. The van der Waals surface area contributed by atoms with E-state index in [9.17, 15) is 9.90 Å². The summed E-state index contributed by atoms with van der Waals surface area (Å²) < 4.78 is 0. The normalized spacial score (nSPS) is 17.7. The van der Waals surface area contributed by atoms with E-state index < -0.39 is 5.54 Å². The Balaban J connectivity index is 2.19. The number of rotatable bonds is 3. The minimum Gasteiger partial charge on any atom is -0.394 e. The SMILES string of the molecule is O=C(NC1(CO)CCCC1)c1cccc(Cl)c1Cl. The molecule has 0 radical (unpaired) electrons. The number of halogens is 2. The lowest BCUT2D eigenvalue weighted by molar-refractivity contribution is 0.0838. The van der Waals surface area contributed by atoms with Crippen LogP contribution in [0.1, 0.15) is 36.0 Å². The topological polar surface area (TPSA) is 49.3 Å². The van der Waals surface area contributed by atoms with Crippen molar-refractivity contribution in [3.8, 4) is 0 Å². The van der Waals surface area contributed by atoms with Crippen LogP contribution in [0.5, 0.6) is 0 Å². The lowest BCUT2D eigenvalue weighted by Gasteiger charge is -2.28. The Morgan fingerprint density at radius 3 is 2.61 bits per heavy atom. The van der Waals surface area contributed by atoms with Gasteiger partial charge in [0.05, 0.1) is 27.8 Å². The fraction of sp³-hybridized carbons (Fsp3) is 0.462. The van der Waals surface area contributed by atoms with E-state index in [0.717, 1.165) is 25.7 Å². The molecular weight excluding hydrogens is 273 g/mol. The first-order valence-electron chi connectivity index (χ1n) is 5.95. The van der Waals surface area contributed by atoms with Crippen molar-refractivity contribution in [2.24, 2.45) is 0 Å². The van der Waals surface area contributed by atoms with E-state index in [2.05, 4.69) is 5.32 Å². The maximum atomic E-state index is 12.2. The third-order valence-corrected chi connectivity index (χ3v) is 4.26. The van der Waals surface area contributed by atoms with Gasteiger partial charge in [-0.25, -0.2) is 0 Å². The zero-order chi connectivity index (χ0) is 13.2. The van der Waals surface area contributed by atoms with Crippen LogP contribution in [-0.4, -0.2) is 23.2 Å². The van der Waals surface area contributed by atoms with Gasteiger partial charge in [0.2, 0.25) is 0 Å². The third-order valence-electron chi connectivity index (χ3n) is 3.44. The van der Waals surface area contributed by atoms with Gasteiger partial charge in [0, 0.05) is 0 Å². The van der Waals surface area contributed by atoms with Gasteiger partial charge in [-0.15, -0.1) is 0 Å². The largest absolute Gasteiger partial charge is 0.394 e. The third kappa shape index (κ3) is 2.63. The molecule has 0 saturated heterocycles.